The van der Waals surface area contributed by atoms with Crippen LogP contribution in [0, 0.1) is 5.92 Å². The van der Waals surface area contributed by atoms with Crippen LogP contribution in [0.2, 0.25) is 0 Å². The summed E-state index contributed by atoms with van der Waals surface area (Å²) in [5.74, 6) is -1.28. The van der Waals surface area contributed by atoms with Gasteiger partial charge in [-0.1, -0.05) is 37.3 Å². The van der Waals surface area contributed by atoms with Crippen LogP contribution in [0.3, 0.4) is 0 Å². The maximum Gasteiger partial charge on any atom is 0.250 e. The topological polar surface area (TPSA) is 75.3 Å². The maximum atomic E-state index is 12.0. The zero-order chi connectivity index (χ0) is 13.8. The van der Waals surface area contributed by atoms with Crippen molar-refractivity contribution in [3.63, 3.8) is 0 Å². The SMILES string of the molecule is CC(Cc1ccccc1)C(=O)NC1C(=O)CNC1=O. The smallest absolute Gasteiger partial charge is 0.250 e. The van der Waals surface area contributed by atoms with E-state index >= 15 is 0 Å². The first-order valence-corrected chi connectivity index (χ1v) is 6.22. The van der Waals surface area contributed by atoms with E-state index in [1.54, 1.807) is 6.92 Å². The van der Waals surface area contributed by atoms with Crippen molar-refractivity contribution in [2.75, 3.05) is 6.54 Å². The van der Waals surface area contributed by atoms with Crippen LogP contribution in [0.5, 0.6) is 0 Å². The Bertz CT molecular complexity index is 483. The van der Waals surface area contributed by atoms with Crippen molar-refractivity contribution in [2.45, 2.75) is 19.4 Å². The highest BCUT2D eigenvalue weighted by Crippen LogP contribution is 2.09. The molecule has 1 aliphatic rings. The second-order valence-electron chi connectivity index (χ2n) is 4.72. The highest BCUT2D eigenvalue weighted by molar-refractivity contribution is 6.13. The van der Waals surface area contributed by atoms with E-state index in [-0.39, 0.29) is 24.2 Å². The third-order valence-electron chi connectivity index (χ3n) is 3.14. The number of carbonyl (C=O) groups excluding carboxylic acids is 3. The lowest BCUT2D eigenvalue weighted by molar-refractivity contribution is -0.132. The van der Waals surface area contributed by atoms with Gasteiger partial charge in [-0.05, 0) is 12.0 Å². The second kappa shape index (κ2) is 5.65. The Kier molecular flexibility index (Phi) is 3.94. The average Bonchev–Trinajstić information content (AvgIpc) is 2.71. The molecule has 0 bridgehead atoms. The van der Waals surface area contributed by atoms with Crippen LogP contribution in [-0.4, -0.2) is 30.2 Å². The molecule has 2 rings (SSSR count). The van der Waals surface area contributed by atoms with Crippen molar-refractivity contribution < 1.29 is 14.4 Å². The molecule has 2 N–H and O–H groups in total. The van der Waals surface area contributed by atoms with E-state index in [4.69, 9.17) is 0 Å². The molecule has 1 fully saturated rings. The van der Waals surface area contributed by atoms with Crippen LogP contribution >= 0.6 is 0 Å². The average molecular weight is 260 g/mol. The molecule has 2 atom stereocenters. The van der Waals surface area contributed by atoms with Crippen molar-refractivity contribution in [3.8, 4) is 0 Å². The van der Waals surface area contributed by atoms with Crippen molar-refractivity contribution in [1.29, 1.82) is 0 Å². The molecule has 1 aromatic rings. The molecule has 0 spiro atoms. The highest BCUT2D eigenvalue weighted by Gasteiger charge is 2.34. The summed E-state index contributed by atoms with van der Waals surface area (Å²) in [5.41, 5.74) is 1.05. The zero-order valence-electron chi connectivity index (χ0n) is 10.7. The quantitative estimate of drug-likeness (QED) is 0.751. The Hall–Kier alpha value is -2.17. The van der Waals surface area contributed by atoms with Gasteiger partial charge in [-0.2, -0.15) is 0 Å². The lowest BCUT2D eigenvalue weighted by Crippen LogP contribution is -2.46. The number of nitrogens with one attached hydrogen (secondary N) is 2. The third kappa shape index (κ3) is 3.19. The molecule has 1 saturated heterocycles. The van der Waals surface area contributed by atoms with Crippen LogP contribution in [0.15, 0.2) is 30.3 Å². The van der Waals surface area contributed by atoms with E-state index < -0.39 is 11.9 Å². The molecule has 0 radical (unpaired) electrons. The molecular weight excluding hydrogens is 244 g/mol. The Morgan fingerprint density at radius 1 is 1.37 bits per heavy atom. The van der Waals surface area contributed by atoms with Crippen LogP contribution in [-0.2, 0) is 20.8 Å². The molecule has 2 unspecified atom stereocenters. The highest BCUT2D eigenvalue weighted by atomic mass is 16.2. The van der Waals surface area contributed by atoms with Gasteiger partial charge >= 0.3 is 0 Å². The van der Waals surface area contributed by atoms with Gasteiger partial charge in [-0.3, -0.25) is 14.4 Å². The first-order chi connectivity index (χ1) is 9.08. The Morgan fingerprint density at radius 2 is 2.05 bits per heavy atom. The predicted octanol–water partition coefficient (Wildman–Crippen LogP) is 0.0489. The summed E-state index contributed by atoms with van der Waals surface area (Å²) in [7, 11) is 0. The fraction of sp³-hybridized carbons (Fsp3) is 0.357. The van der Waals surface area contributed by atoms with E-state index in [0.717, 1.165) is 5.56 Å². The van der Waals surface area contributed by atoms with Gasteiger partial charge < -0.3 is 10.6 Å². The Labute approximate surface area is 111 Å². The molecule has 19 heavy (non-hydrogen) atoms. The third-order valence-corrected chi connectivity index (χ3v) is 3.14. The Morgan fingerprint density at radius 3 is 2.63 bits per heavy atom. The molecule has 100 valence electrons. The van der Waals surface area contributed by atoms with Gasteiger partial charge in [-0.15, -0.1) is 0 Å². The van der Waals surface area contributed by atoms with Gasteiger partial charge in [0.05, 0.1) is 6.54 Å². The normalized spacial score (nSPS) is 19.9. The molecule has 0 aliphatic carbocycles. The molecule has 5 nitrogen and oxygen atoms in total. The molecule has 5 heteroatoms. The lowest BCUT2D eigenvalue weighted by Gasteiger charge is -2.14. The van der Waals surface area contributed by atoms with Crippen LogP contribution in [0.4, 0.5) is 0 Å². The van der Waals surface area contributed by atoms with Gasteiger partial charge in [0.15, 0.2) is 11.8 Å². The Balaban J connectivity index is 1.93. The van der Waals surface area contributed by atoms with Gasteiger partial charge in [0, 0.05) is 5.92 Å². The summed E-state index contributed by atoms with van der Waals surface area (Å²) in [6.45, 7) is 1.77. The molecule has 1 aliphatic heterocycles. The van der Waals surface area contributed by atoms with E-state index in [0.29, 0.717) is 6.42 Å². The number of carbonyl (C=O) groups is 3. The lowest BCUT2D eigenvalue weighted by atomic mass is 10.00. The minimum Gasteiger partial charge on any atom is -0.347 e. The fourth-order valence-corrected chi connectivity index (χ4v) is 2.02. The zero-order valence-corrected chi connectivity index (χ0v) is 10.7. The van der Waals surface area contributed by atoms with Gasteiger partial charge in [-0.25, -0.2) is 0 Å². The van der Waals surface area contributed by atoms with E-state index in [9.17, 15) is 14.4 Å². The minimum atomic E-state index is -1.02. The summed E-state index contributed by atoms with van der Waals surface area (Å²) >= 11 is 0. The molecule has 2 amide bonds. The van der Waals surface area contributed by atoms with Crippen LogP contribution in [0.25, 0.3) is 0 Å². The summed E-state index contributed by atoms with van der Waals surface area (Å²) in [5, 5.41) is 4.91. The summed E-state index contributed by atoms with van der Waals surface area (Å²) in [6.07, 6.45) is 0.579. The number of ketones is 1. The number of amides is 2. The molecule has 0 aromatic heterocycles. The number of hydrogen-bond acceptors (Lipinski definition) is 3. The van der Waals surface area contributed by atoms with Crippen LogP contribution in [0.1, 0.15) is 12.5 Å². The van der Waals surface area contributed by atoms with Crippen molar-refractivity contribution >= 4 is 17.6 Å². The number of hydrogen-bond donors (Lipinski definition) is 2. The van der Waals surface area contributed by atoms with Gasteiger partial charge in [0.2, 0.25) is 5.91 Å². The monoisotopic (exact) mass is 260 g/mol. The van der Waals surface area contributed by atoms with Gasteiger partial charge in [0.25, 0.3) is 5.91 Å². The first-order valence-electron chi connectivity index (χ1n) is 6.22. The molecule has 0 saturated carbocycles. The van der Waals surface area contributed by atoms with Crippen molar-refractivity contribution in [3.05, 3.63) is 35.9 Å². The van der Waals surface area contributed by atoms with Crippen molar-refractivity contribution in [2.24, 2.45) is 5.92 Å². The fourth-order valence-electron chi connectivity index (χ4n) is 2.02. The summed E-state index contributed by atoms with van der Waals surface area (Å²) in [4.78, 5) is 34.7. The van der Waals surface area contributed by atoms with Gasteiger partial charge in [0.1, 0.15) is 0 Å². The summed E-state index contributed by atoms with van der Waals surface area (Å²) < 4.78 is 0. The molecule has 1 heterocycles. The largest absolute Gasteiger partial charge is 0.347 e. The second-order valence-corrected chi connectivity index (χ2v) is 4.72. The standard InChI is InChI=1S/C14H16N2O3/c1-9(7-10-5-3-2-4-6-10)13(18)16-12-11(17)8-15-14(12)19/h2-6,9,12H,7-8H2,1H3,(H,15,19)(H,16,18). The van der Waals surface area contributed by atoms with E-state index in [2.05, 4.69) is 10.6 Å². The summed E-state index contributed by atoms with van der Waals surface area (Å²) in [6, 6.07) is 8.59. The molecular formula is C14H16N2O3. The van der Waals surface area contributed by atoms with E-state index in [1.165, 1.54) is 0 Å². The molecule has 1 aromatic carbocycles. The van der Waals surface area contributed by atoms with Crippen molar-refractivity contribution in [1.82, 2.24) is 10.6 Å². The predicted molar refractivity (Wildman–Crippen MR) is 69.3 cm³/mol. The number of Topliss-reactive ketones (excluding diaryl/α,β-unsaturated/α-hetero) is 1. The first kappa shape index (κ1) is 13.3. The maximum absolute atomic E-state index is 12.0. The number of benzene rings is 1. The van der Waals surface area contributed by atoms with E-state index in [1.807, 2.05) is 30.3 Å². The number of rotatable bonds is 4. The minimum absolute atomic E-state index is 0.00313. The van der Waals surface area contributed by atoms with Crippen LogP contribution < -0.4 is 10.6 Å².